The third kappa shape index (κ3) is 5.89. The third-order valence-corrected chi connectivity index (χ3v) is 9.95. The summed E-state index contributed by atoms with van der Waals surface area (Å²) < 4.78 is 5.90. The Balaban J connectivity index is 1.18. The van der Waals surface area contributed by atoms with Crippen LogP contribution in [0.15, 0.2) is 24.4 Å². The van der Waals surface area contributed by atoms with Crippen molar-refractivity contribution in [3.05, 3.63) is 35.8 Å². The van der Waals surface area contributed by atoms with E-state index in [0.29, 0.717) is 24.9 Å². The van der Waals surface area contributed by atoms with Crippen LogP contribution in [0.4, 0.5) is 17.2 Å². The maximum atomic E-state index is 12.9. The molecule has 41 heavy (non-hydrogen) atoms. The van der Waals surface area contributed by atoms with E-state index in [-0.39, 0.29) is 11.9 Å². The standard InChI is InChI=1S/C32H47N7O2/c1-23-19-31(40)36(3)28-22-33-30(34-32(28)39(23)26-7-5-6-8-26)20-24-9-10-27(21-29(24)41-4)37-13-11-25(12-14-37)38-17-15-35(2)16-18-38/h9-10,21-23,25-26H,5-8,11-20H2,1-4H3. The van der Waals surface area contributed by atoms with E-state index < -0.39 is 0 Å². The summed E-state index contributed by atoms with van der Waals surface area (Å²) in [7, 11) is 5.83. The van der Waals surface area contributed by atoms with E-state index in [0.717, 1.165) is 54.6 Å². The number of piperazine rings is 1. The molecule has 3 fully saturated rings. The number of ether oxygens (including phenoxy) is 1. The minimum Gasteiger partial charge on any atom is -0.496 e. The van der Waals surface area contributed by atoms with Crippen LogP contribution < -0.4 is 19.4 Å². The number of benzene rings is 1. The summed E-state index contributed by atoms with van der Waals surface area (Å²) in [6, 6.07) is 7.85. The molecule has 0 bridgehead atoms. The molecule has 0 N–H and O–H groups in total. The molecule has 1 unspecified atom stereocenters. The first kappa shape index (κ1) is 28.2. The normalized spacial score (nSPS) is 23.7. The molecule has 1 aliphatic carbocycles. The molecular weight excluding hydrogens is 514 g/mol. The molecule has 1 atom stereocenters. The van der Waals surface area contributed by atoms with Crippen molar-refractivity contribution < 1.29 is 9.53 Å². The summed E-state index contributed by atoms with van der Waals surface area (Å²) in [5, 5.41) is 0. The summed E-state index contributed by atoms with van der Waals surface area (Å²) in [5.41, 5.74) is 3.13. The summed E-state index contributed by atoms with van der Waals surface area (Å²) >= 11 is 0. The van der Waals surface area contributed by atoms with E-state index in [9.17, 15) is 4.79 Å². The highest BCUT2D eigenvalue weighted by atomic mass is 16.5. The molecule has 2 aromatic rings. The van der Waals surface area contributed by atoms with Crippen molar-refractivity contribution in [1.29, 1.82) is 0 Å². The van der Waals surface area contributed by atoms with Gasteiger partial charge in [-0.15, -0.1) is 0 Å². The first-order chi connectivity index (χ1) is 19.9. The SMILES string of the molecule is COc1cc(N2CCC(N3CCN(C)CC3)CC2)ccc1Cc1ncc2c(n1)N(C1CCCC1)C(C)CC(=O)N2C. The molecule has 4 aliphatic rings. The Bertz CT molecular complexity index is 1220. The van der Waals surface area contributed by atoms with Gasteiger partial charge in [0.2, 0.25) is 5.91 Å². The number of methoxy groups -OCH3 is 1. The second-order valence-electron chi connectivity index (χ2n) is 12.6. The van der Waals surface area contributed by atoms with Crippen LogP contribution in [0.3, 0.4) is 0 Å². The average Bonchev–Trinajstić information content (AvgIpc) is 3.49. The van der Waals surface area contributed by atoms with E-state index in [2.05, 4.69) is 51.8 Å². The maximum absolute atomic E-state index is 12.9. The van der Waals surface area contributed by atoms with Crippen molar-refractivity contribution in [2.75, 3.05) is 75.2 Å². The van der Waals surface area contributed by atoms with E-state index in [1.165, 1.54) is 57.5 Å². The van der Waals surface area contributed by atoms with Gasteiger partial charge in [-0.25, -0.2) is 9.97 Å². The van der Waals surface area contributed by atoms with E-state index in [1.807, 2.05) is 13.2 Å². The number of carbonyl (C=O) groups is 1. The number of hydrogen-bond donors (Lipinski definition) is 0. The van der Waals surface area contributed by atoms with Gasteiger partial charge in [-0.2, -0.15) is 0 Å². The fraction of sp³-hybridized carbons (Fsp3) is 0.656. The Kier molecular flexibility index (Phi) is 8.35. The van der Waals surface area contributed by atoms with Crippen molar-refractivity contribution in [2.45, 2.75) is 76.4 Å². The Hall–Kier alpha value is -2.91. The molecule has 0 radical (unpaired) electrons. The van der Waals surface area contributed by atoms with Gasteiger partial charge >= 0.3 is 0 Å². The molecule has 1 amide bonds. The number of nitrogens with zero attached hydrogens (tertiary/aromatic N) is 7. The number of anilines is 3. The molecule has 1 aromatic heterocycles. The number of carbonyl (C=O) groups excluding carboxylic acids is 1. The predicted molar refractivity (Wildman–Crippen MR) is 164 cm³/mol. The molecule has 6 rings (SSSR count). The van der Waals surface area contributed by atoms with Crippen molar-refractivity contribution in [3.8, 4) is 5.75 Å². The zero-order valence-electron chi connectivity index (χ0n) is 25.4. The number of likely N-dealkylation sites (N-methyl/N-ethyl adjacent to an activating group) is 1. The molecule has 2 saturated heterocycles. The Labute approximate surface area is 245 Å². The van der Waals surface area contributed by atoms with Crippen molar-refractivity contribution in [1.82, 2.24) is 19.8 Å². The average molecular weight is 562 g/mol. The van der Waals surface area contributed by atoms with Gasteiger partial charge < -0.3 is 24.3 Å². The molecular formula is C32H47N7O2. The quantitative estimate of drug-likeness (QED) is 0.528. The van der Waals surface area contributed by atoms with Gasteiger partial charge in [-0.3, -0.25) is 9.69 Å². The van der Waals surface area contributed by atoms with Crippen LogP contribution in [0.1, 0.15) is 63.3 Å². The van der Waals surface area contributed by atoms with Gasteiger partial charge in [-0.05, 0) is 45.7 Å². The molecule has 1 aromatic carbocycles. The zero-order valence-corrected chi connectivity index (χ0v) is 25.4. The monoisotopic (exact) mass is 561 g/mol. The van der Waals surface area contributed by atoms with Gasteiger partial charge in [-0.1, -0.05) is 18.9 Å². The Morgan fingerprint density at radius 1 is 0.951 bits per heavy atom. The molecule has 4 heterocycles. The summed E-state index contributed by atoms with van der Waals surface area (Å²) in [5.74, 6) is 2.68. The van der Waals surface area contributed by atoms with E-state index >= 15 is 0 Å². The summed E-state index contributed by atoms with van der Waals surface area (Å²) in [6.07, 6.45) is 10.2. The number of piperidine rings is 1. The van der Waals surface area contributed by atoms with Crippen LogP contribution in [0.5, 0.6) is 5.75 Å². The van der Waals surface area contributed by atoms with Crippen LogP contribution in [0, 0.1) is 0 Å². The van der Waals surface area contributed by atoms with Crippen molar-refractivity contribution in [3.63, 3.8) is 0 Å². The number of rotatable bonds is 6. The van der Waals surface area contributed by atoms with Crippen molar-refractivity contribution >= 4 is 23.1 Å². The smallest absolute Gasteiger partial charge is 0.228 e. The van der Waals surface area contributed by atoms with E-state index in [1.54, 1.807) is 12.0 Å². The van der Waals surface area contributed by atoms with E-state index in [4.69, 9.17) is 14.7 Å². The van der Waals surface area contributed by atoms with Gasteiger partial charge in [0.15, 0.2) is 5.82 Å². The van der Waals surface area contributed by atoms with Gasteiger partial charge in [0.1, 0.15) is 17.3 Å². The first-order valence-electron chi connectivity index (χ1n) is 15.7. The molecule has 0 spiro atoms. The van der Waals surface area contributed by atoms with Crippen LogP contribution in [0.2, 0.25) is 0 Å². The van der Waals surface area contributed by atoms with Gasteiger partial charge in [0, 0.05) is 94.6 Å². The fourth-order valence-corrected chi connectivity index (χ4v) is 7.38. The Morgan fingerprint density at radius 2 is 1.68 bits per heavy atom. The summed E-state index contributed by atoms with van der Waals surface area (Å²) in [4.78, 5) is 34.6. The molecule has 222 valence electrons. The first-order valence-corrected chi connectivity index (χ1v) is 15.7. The lowest BCUT2D eigenvalue weighted by molar-refractivity contribution is -0.118. The predicted octanol–water partition coefficient (Wildman–Crippen LogP) is 3.80. The second-order valence-corrected chi connectivity index (χ2v) is 12.6. The Morgan fingerprint density at radius 3 is 2.39 bits per heavy atom. The molecule has 9 nitrogen and oxygen atoms in total. The lowest BCUT2D eigenvalue weighted by Crippen LogP contribution is -2.52. The highest BCUT2D eigenvalue weighted by Gasteiger charge is 2.36. The minimum absolute atomic E-state index is 0.117. The molecule has 1 saturated carbocycles. The maximum Gasteiger partial charge on any atom is 0.228 e. The zero-order chi connectivity index (χ0) is 28.5. The van der Waals surface area contributed by atoms with Crippen LogP contribution in [-0.4, -0.2) is 104 Å². The summed E-state index contributed by atoms with van der Waals surface area (Å²) in [6.45, 7) is 9.07. The van der Waals surface area contributed by atoms with Crippen LogP contribution >= 0.6 is 0 Å². The second kappa shape index (κ2) is 12.1. The minimum atomic E-state index is 0.117. The number of hydrogen-bond acceptors (Lipinski definition) is 8. The van der Waals surface area contributed by atoms with Crippen LogP contribution in [0.25, 0.3) is 0 Å². The lowest BCUT2D eigenvalue weighted by atomic mass is 10.0. The topological polar surface area (TPSA) is 68.3 Å². The van der Waals surface area contributed by atoms with Gasteiger partial charge in [0.05, 0.1) is 13.3 Å². The highest BCUT2D eigenvalue weighted by molar-refractivity contribution is 5.97. The molecule has 3 aliphatic heterocycles. The van der Waals surface area contributed by atoms with Crippen molar-refractivity contribution in [2.24, 2.45) is 0 Å². The molecule has 9 heteroatoms. The fourth-order valence-electron chi connectivity index (χ4n) is 7.38. The number of fused-ring (bicyclic) bond motifs is 1. The third-order valence-electron chi connectivity index (χ3n) is 9.95. The highest BCUT2D eigenvalue weighted by Crippen LogP contribution is 2.38. The number of amides is 1. The lowest BCUT2D eigenvalue weighted by Gasteiger charge is -2.42. The van der Waals surface area contributed by atoms with Gasteiger partial charge in [0.25, 0.3) is 0 Å². The largest absolute Gasteiger partial charge is 0.496 e. The number of aromatic nitrogens is 2. The van der Waals surface area contributed by atoms with Crippen LogP contribution in [-0.2, 0) is 11.2 Å².